The van der Waals surface area contributed by atoms with E-state index >= 15 is 0 Å². The summed E-state index contributed by atoms with van der Waals surface area (Å²) in [4.78, 5) is 6.15. The third-order valence-corrected chi connectivity index (χ3v) is 3.11. The molecule has 2 heterocycles. The van der Waals surface area contributed by atoms with E-state index in [4.69, 9.17) is 0 Å². The van der Waals surface area contributed by atoms with E-state index in [-0.39, 0.29) is 0 Å². The van der Waals surface area contributed by atoms with Crippen molar-refractivity contribution in [3.8, 4) is 0 Å². The van der Waals surface area contributed by atoms with Crippen molar-refractivity contribution in [2.45, 2.75) is 32.7 Å². The molecule has 0 radical (unpaired) electrons. The van der Waals surface area contributed by atoms with Crippen LogP contribution in [0.4, 0.5) is 10.2 Å². The lowest BCUT2D eigenvalue weighted by molar-refractivity contribution is 0.386. The number of piperidine rings is 1. The summed E-state index contributed by atoms with van der Waals surface area (Å²) in [6.07, 6.45) is 2.42. The maximum Gasteiger partial charge on any atom is 0.214 e. The summed E-state index contributed by atoms with van der Waals surface area (Å²) in [5.74, 6) is 1.05. The lowest BCUT2D eigenvalue weighted by Gasteiger charge is -2.37. The van der Waals surface area contributed by atoms with Gasteiger partial charge in [0.2, 0.25) is 5.95 Å². The zero-order chi connectivity index (χ0) is 10.8. The van der Waals surface area contributed by atoms with Crippen molar-refractivity contribution in [3.05, 3.63) is 24.1 Å². The summed E-state index contributed by atoms with van der Waals surface area (Å²) in [6, 6.07) is 5.47. The quantitative estimate of drug-likeness (QED) is 0.660. The molecule has 0 bridgehead atoms. The van der Waals surface area contributed by atoms with Gasteiger partial charge in [0.15, 0.2) is 0 Å². The van der Waals surface area contributed by atoms with Crippen LogP contribution in [0.25, 0.3) is 0 Å². The Morgan fingerprint density at radius 1 is 1.33 bits per heavy atom. The molecule has 1 saturated heterocycles. The minimum atomic E-state index is -0.391. The maximum atomic E-state index is 13.0. The van der Waals surface area contributed by atoms with Gasteiger partial charge in [-0.2, -0.15) is 4.39 Å². The molecule has 2 atom stereocenters. The molecule has 82 valence electrons. The zero-order valence-electron chi connectivity index (χ0n) is 9.28. The third-order valence-electron chi connectivity index (χ3n) is 3.11. The fraction of sp³-hybridized carbons (Fsp3) is 0.583. The Kier molecular flexibility index (Phi) is 2.89. The maximum absolute atomic E-state index is 13.0. The van der Waals surface area contributed by atoms with Crippen molar-refractivity contribution in [2.24, 2.45) is 5.92 Å². The predicted octanol–water partition coefficient (Wildman–Crippen LogP) is 2.85. The van der Waals surface area contributed by atoms with Crippen LogP contribution in [0.1, 0.15) is 26.7 Å². The Hall–Kier alpha value is -1.12. The Bertz CT molecular complexity index is 340. The van der Waals surface area contributed by atoms with Crippen LogP contribution in [0.15, 0.2) is 18.2 Å². The predicted molar refractivity (Wildman–Crippen MR) is 59.4 cm³/mol. The molecule has 0 aromatic carbocycles. The topological polar surface area (TPSA) is 16.1 Å². The molecule has 0 aliphatic carbocycles. The van der Waals surface area contributed by atoms with Crippen molar-refractivity contribution in [1.29, 1.82) is 0 Å². The van der Waals surface area contributed by atoms with Crippen LogP contribution in [0.2, 0.25) is 0 Å². The van der Waals surface area contributed by atoms with Gasteiger partial charge in [-0.3, -0.25) is 0 Å². The summed E-state index contributed by atoms with van der Waals surface area (Å²) < 4.78 is 13.0. The van der Waals surface area contributed by atoms with Gasteiger partial charge in [0.1, 0.15) is 5.82 Å². The van der Waals surface area contributed by atoms with Crippen molar-refractivity contribution >= 4 is 5.82 Å². The molecule has 1 aliphatic rings. The van der Waals surface area contributed by atoms with E-state index in [0.29, 0.717) is 12.0 Å². The minimum absolute atomic E-state index is 0.391. The molecule has 2 nitrogen and oxygen atoms in total. The molecule has 0 saturated carbocycles. The van der Waals surface area contributed by atoms with Gasteiger partial charge >= 0.3 is 0 Å². The number of anilines is 1. The summed E-state index contributed by atoms with van der Waals surface area (Å²) in [5, 5.41) is 0. The third kappa shape index (κ3) is 2.28. The molecule has 1 aliphatic heterocycles. The lowest BCUT2D eigenvalue weighted by Crippen LogP contribution is -2.41. The molecule has 0 spiro atoms. The van der Waals surface area contributed by atoms with Gasteiger partial charge in [-0.15, -0.1) is 0 Å². The van der Waals surface area contributed by atoms with Crippen LogP contribution >= 0.6 is 0 Å². The average molecular weight is 208 g/mol. The lowest BCUT2D eigenvalue weighted by atomic mass is 9.95. The van der Waals surface area contributed by atoms with Gasteiger partial charge in [-0.05, 0) is 37.8 Å². The van der Waals surface area contributed by atoms with Crippen molar-refractivity contribution in [2.75, 3.05) is 11.4 Å². The van der Waals surface area contributed by atoms with E-state index in [9.17, 15) is 4.39 Å². The van der Waals surface area contributed by atoms with E-state index in [2.05, 4.69) is 23.7 Å². The molecule has 15 heavy (non-hydrogen) atoms. The standard InChI is InChI=1S/C12H17FN2/c1-9-6-7-10(2)15(8-9)12-5-3-4-11(13)14-12/h3-5,9-10H,6-8H2,1-2H3. The first kappa shape index (κ1) is 10.4. The van der Waals surface area contributed by atoms with Gasteiger partial charge in [0.25, 0.3) is 0 Å². The minimum Gasteiger partial charge on any atom is -0.354 e. The number of rotatable bonds is 1. The first-order valence-electron chi connectivity index (χ1n) is 5.56. The summed E-state index contributed by atoms with van der Waals surface area (Å²) in [6.45, 7) is 5.40. The molecule has 0 N–H and O–H groups in total. The molecule has 3 heteroatoms. The van der Waals surface area contributed by atoms with Gasteiger partial charge < -0.3 is 4.90 Å². The van der Waals surface area contributed by atoms with Crippen LogP contribution in [-0.4, -0.2) is 17.6 Å². The van der Waals surface area contributed by atoms with Gasteiger partial charge in [-0.1, -0.05) is 13.0 Å². The highest BCUT2D eigenvalue weighted by atomic mass is 19.1. The fourth-order valence-corrected chi connectivity index (χ4v) is 2.17. The first-order chi connectivity index (χ1) is 7.16. The highest BCUT2D eigenvalue weighted by Crippen LogP contribution is 2.25. The molecular weight excluding hydrogens is 191 g/mol. The number of pyridine rings is 1. The van der Waals surface area contributed by atoms with Crippen LogP contribution in [0.5, 0.6) is 0 Å². The van der Waals surface area contributed by atoms with Crippen molar-refractivity contribution < 1.29 is 4.39 Å². The van der Waals surface area contributed by atoms with E-state index in [0.717, 1.165) is 12.4 Å². The van der Waals surface area contributed by atoms with Crippen LogP contribution in [0, 0.1) is 11.9 Å². The molecule has 2 unspecified atom stereocenters. The highest BCUT2D eigenvalue weighted by molar-refractivity contribution is 5.39. The van der Waals surface area contributed by atoms with E-state index < -0.39 is 5.95 Å². The Labute approximate surface area is 90.1 Å². The van der Waals surface area contributed by atoms with Crippen LogP contribution < -0.4 is 4.90 Å². The molecular formula is C12H17FN2. The molecule has 1 aromatic rings. The van der Waals surface area contributed by atoms with Crippen LogP contribution in [0.3, 0.4) is 0 Å². The van der Waals surface area contributed by atoms with Gasteiger partial charge in [0.05, 0.1) is 0 Å². The van der Waals surface area contributed by atoms with Crippen molar-refractivity contribution in [1.82, 2.24) is 4.98 Å². The van der Waals surface area contributed by atoms with E-state index in [1.165, 1.54) is 18.9 Å². The van der Waals surface area contributed by atoms with E-state index in [1.54, 1.807) is 6.07 Å². The fourth-order valence-electron chi connectivity index (χ4n) is 2.17. The normalized spacial score (nSPS) is 26.7. The Balaban J connectivity index is 2.21. The number of nitrogens with zero attached hydrogens (tertiary/aromatic N) is 2. The number of hydrogen-bond donors (Lipinski definition) is 0. The molecule has 2 rings (SSSR count). The van der Waals surface area contributed by atoms with Crippen molar-refractivity contribution in [3.63, 3.8) is 0 Å². The second-order valence-corrected chi connectivity index (χ2v) is 4.50. The second-order valence-electron chi connectivity index (χ2n) is 4.50. The average Bonchev–Trinajstić information content (AvgIpc) is 2.22. The zero-order valence-corrected chi connectivity index (χ0v) is 9.28. The number of hydrogen-bond acceptors (Lipinski definition) is 2. The SMILES string of the molecule is CC1CCC(C)N(c2cccc(F)n2)C1. The van der Waals surface area contributed by atoms with Gasteiger partial charge in [-0.25, -0.2) is 4.98 Å². The molecule has 1 aromatic heterocycles. The summed E-state index contributed by atoms with van der Waals surface area (Å²) in [7, 11) is 0. The molecule has 0 amide bonds. The van der Waals surface area contributed by atoms with Crippen LogP contribution in [-0.2, 0) is 0 Å². The number of aromatic nitrogens is 1. The first-order valence-corrected chi connectivity index (χ1v) is 5.56. The Morgan fingerprint density at radius 2 is 2.13 bits per heavy atom. The number of halogens is 1. The highest BCUT2D eigenvalue weighted by Gasteiger charge is 2.23. The summed E-state index contributed by atoms with van der Waals surface area (Å²) >= 11 is 0. The molecule has 1 fully saturated rings. The largest absolute Gasteiger partial charge is 0.354 e. The van der Waals surface area contributed by atoms with Gasteiger partial charge in [0, 0.05) is 12.6 Å². The monoisotopic (exact) mass is 208 g/mol. The van der Waals surface area contributed by atoms with E-state index in [1.807, 2.05) is 6.07 Å². The Morgan fingerprint density at radius 3 is 2.87 bits per heavy atom. The summed E-state index contributed by atoms with van der Waals surface area (Å²) in [5.41, 5.74) is 0. The second kappa shape index (κ2) is 4.17. The smallest absolute Gasteiger partial charge is 0.214 e.